The number of hydrogen-bond acceptors (Lipinski definition) is 6. The van der Waals surface area contributed by atoms with Crippen LogP contribution in [0.3, 0.4) is 0 Å². The summed E-state index contributed by atoms with van der Waals surface area (Å²) in [7, 11) is 0. The van der Waals surface area contributed by atoms with Crippen molar-refractivity contribution < 1.29 is 24.2 Å². The highest BCUT2D eigenvalue weighted by molar-refractivity contribution is 8.02. The zero-order valence-electron chi connectivity index (χ0n) is 25.8. The van der Waals surface area contributed by atoms with Crippen LogP contribution in [-0.2, 0) is 25.5 Å². The van der Waals surface area contributed by atoms with Crippen LogP contribution in [0.25, 0.3) is 0 Å². The molecule has 228 valence electrons. The number of hydrogen-bond donors (Lipinski definition) is 1. The van der Waals surface area contributed by atoms with Crippen LogP contribution in [0.5, 0.6) is 0 Å². The highest BCUT2D eigenvalue weighted by atomic mass is 32.2. The molecule has 5 rings (SSSR count). The highest BCUT2D eigenvalue weighted by Gasteiger charge is 2.74. The molecule has 0 bridgehead atoms. The van der Waals surface area contributed by atoms with E-state index in [-0.39, 0.29) is 29.8 Å². The first-order chi connectivity index (χ1) is 19.7. The maximum absolute atomic E-state index is 15.0. The highest BCUT2D eigenvalue weighted by Crippen LogP contribution is 2.65. The number of carbonyl (C=O) groups is 3. The topological polar surface area (TPSA) is 87.2 Å². The predicted molar refractivity (Wildman–Crippen MR) is 166 cm³/mol. The summed E-state index contributed by atoms with van der Waals surface area (Å²) in [5.74, 6) is -2.31. The first kappa shape index (κ1) is 30.9. The van der Waals surface area contributed by atoms with E-state index in [1.165, 1.54) is 0 Å². The molecule has 1 aromatic rings. The van der Waals surface area contributed by atoms with Gasteiger partial charge in [0, 0.05) is 16.8 Å². The summed E-state index contributed by atoms with van der Waals surface area (Å²) in [6.07, 6.45) is 10.9. The Bertz CT molecular complexity index is 1270. The van der Waals surface area contributed by atoms with E-state index < -0.39 is 39.0 Å². The van der Waals surface area contributed by atoms with E-state index in [9.17, 15) is 19.5 Å². The lowest BCUT2D eigenvalue weighted by Crippen LogP contribution is -2.61. The molecular formula is C34H46N2O5S. The molecule has 6 atom stereocenters. The lowest BCUT2D eigenvalue weighted by Gasteiger charge is -2.45. The zero-order chi connectivity index (χ0) is 30.5. The largest absolute Gasteiger partial charge is 0.465 e. The van der Waals surface area contributed by atoms with Gasteiger partial charge in [0.2, 0.25) is 11.8 Å². The second kappa shape index (κ2) is 11.2. The Morgan fingerprint density at radius 2 is 1.74 bits per heavy atom. The third-order valence-corrected chi connectivity index (χ3v) is 11.1. The van der Waals surface area contributed by atoms with Crippen LogP contribution >= 0.6 is 11.8 Å². The Kier molecular flexibility index (Phi) is 8.20. The average molecular weight is 595 g/mol. The summed E-state index contributed by atoms with van der Waals surface area (Å²) in [6.45, 7) is 13.1. The van der Waals surface area contributed by atoms with Crippen molar-refractivity contribution in [2.45, 2.75) is 94.3 Å². The molecule has 1 aromatic carbocycles. The quantitative estimate of drug-likeness (QED) is 0.377. The molecule has 4 heterocycles. The van der Waals surface area contributed by atoms with Crippen LogP contribution in [0.4, 0.5) is 0 Å². The van der Waals surface area contributed by atoms with Crippen molar-refractivity contribution in [3.8, 4) is 0 Å². The number of benzene rings is 1. The number of cyclic esters (lactones) is 1. The van der Waals surface area contributed by atoms with Crippen molar-refractivity contribution >= 4 is 29.5 Å². The standard InChI is InChI=1S/C34H46N2O5S/c1-31(2,3)22-32(4,5)35-18-13-17-34-25(26-30(40)41-19-12-8-11-16-33(26,6)42-34)28(38)36(27(34)29(35)39)24(21-37)20-23-14-9-7-10-15-23/h7,9-11,13-17,24-27,37H,8,12,18-22H2,1-6H3/b16-11-/t24-,25+,26-,27?,33+,34+/m1/s1. The molecule has 0 aliphatic carbocycles. The molecule has 1 unspecified atom stereocenters. The minimum atomic E-state index is -0.979. The monoisotopic (exact) mass is 594 g/mol. The number of esters is 1. The van der Waals surface area contributed by atoms with Gasteiger partial charge in [-0.05, 0) is 57.4 Å². The Balaban J connectivity index is 1.66. The minimum absolute atomic E-state index is 0.0275. The molecule has 8 heteroatoms. The summed E-state index contributed by atoms with van der Waals surface area (Å²) in [6, 6.07) is 8.25. The molecule has 2 fully saturated rings. The second-order valence-corrected chi connectivity index (χ2v) is 16.2. The van der Waals surface area contributed by atoms with Crippen molar-refractivity contribution in [1.29, 1.82) is 0 Å². The molecule has 1 N–H and O–H groups in total. The molecule has 4 aliphatic heterocycles. The van der Waals surface area contributed by atoms with Gasteiger partial charge in [0.05, 0.1) is 35.8 Å². The lowest BCUT2D eigenvalue weighted by atomic mass is 9.74. The van der Waals surface area contributed by atoms with E-state index in [1.807, 2.05) is 54.3 Å². The molecular weight excluding hydrogens is 548 g/mol. The zero-order valence-corrected chi connectivity index (χ0v) is 26.7. The summed E-state index contributed by atoms with van der Waals surface area (Å²) < 4.78 is 4.05. The molecule has 2 amide bonds. The second-order valence-electron chi connectivity index (χ2n) is 14.4. The van der Waals surface area contributed by atoms with E-state index in [4.69, 9.17) is 4.74 Å². The number of carbonyl (C=O) groups excluding carboxylic acids is 3. The number of likely N-dealkylation sites (tertiary alicyclic amines) is 1. The van der Waals surface area contributed by atoms with Crippen LogP contribution in [0, 0.1) is 17.3 Å². The number of ether oxygens (including phenoxy) is 1. The van der Waals surface area contributed by atoms with Gasteiger partial charge in [0.1, 0.15) is 6.04 Å². The fraction of sp³-hybridized carbons (Fsp3) is 0.618. The molecule has 1 spiro atoms. The van der Waals surface area contributed by atoms with E-state index in [0.717, 1.165) is 24.8 Å². The number of fused-ring (bicyclic) bond motifs is 2. The third-order valence-electron chi connectivity index (χ3n) is 9.30. The van der Waals surface area contributed by atoms with Crippen molar-refractivity contribution in [2.75, 3.05) is 19.8 Å². The van der Waals surface area contributed by atoms with Crippen LogP contribution < -0.4 is 0 Å². The van der Waals surface area contributed by atoms with E-state index in [2.05, 4.69) is 46.8 Å². The predicted octanol–water partition coefficient (Wildman–Crippen LogP) is 4.78. The molecule has 7 nitrogen and oxygen atoms in total. The lowest BCUT2D eigenvalue weighted by molar-refractivity contribution is -0.154. The maximum Gasteiger partial charge on any atom is 0.311 e. The molecule has 2 saturated heterocycles. The van der Waals surface area contributed by atoms with Crippen LogP contribution in [0.15, 0.2) is 54.6 Å². The van der Waals surface area contributed by atoms with Crippen molar-refractivity contribution in [3.05, 3.63) is 60.2 Å². The number of amides is 2. The van der Waals surface area contributed by atoms with E-state index >= 15 is 0 Å². The fourth-order valence-corrected chi connectivity index (χ4v) is 10.2. The van der Waals surface area contributed by atoms with Gasteiger partial charge in [0.15, 0.2) is 0 Å². The maximum atomic E-state index is 15.0. The SMILES string of the molecule is CC(C)(C)CC(C)(C)N1CC=C[C@]23S[C@@]4(C)/C=C\CCCOC(=O)[C@H]4[C@H]2C(=O)N([C@@H](CO)Cc2ccccc2)C3C1=O. The molecule has 0 saturated carbocycles. The average Bonchev–Trinajstić information content (AvgIpc) is 3.25. The fourth-order valence-electron chi connectivity index (χ4n) is 8.04. The molecule has 42 heavy (non-hydrogen) atoms. The third kappa shape index (κ3) is 5.34. The summed E-state index contributed by atoms with van der Waals surface area (Å²) in [5, 5.41) is 10.8. The first-order valence-corrected chi connectivity index (χ1v) is 16.1. The summed E-state index contributed by atoms with van der Waals surface area (Å²) in [5.41, 5.74) is 0.456. The van der Waals surface area contributed by atoms with Crippen LogP contribution in [0.2, 0.25) is 0 Å². The molecule has 0 radical (unpaired) electrons. The summed E-state index contributed by atoms with van der Waals surface area (Å²) >= 11 is 1.55. The smallest absolute Gasteiger partial charge is 0.311 e. The van der Waals surface area contributed by atoms with E-state index in [1.54, 1.807) is 16.7 Å². The Morgan fingerprint density at radius 1 is 1.02 bits per heavy atom. The van der Waals surface area contributed by atoms with Crippen LogP contribution in [0.1, 0.15) is 66.4 Å². The number of aliphatic hydroxyl groups excluding tert-OH is 1. The molecule has 0 aromatic heterocycles. The van der Waals surface area contributed by atoms with Gasteiger partial charge in [0.25, 0.3) is 0 Å². The van der Waals surface area contributed by atoms with Crippen molar-refractivity contribution in [2.24, 2.45) is 17.3 Å². The van der Waals surface area contributed by atoms with Gasteiger partial charge in [-0.1, -0.05) is 75.4 Å². The van der Waals surface area contributed by atoms with Crippen molar-refractivity contribution in [3.63, 3.8) is 0 Å². The van der Waals surface area contributed by atoms with Crippen molar-refractivity contribution in [1.82, 2.24) is 9.80 Å². The Hall–Kier alpha value is -2.58. The molecule has 4 aliphatic rings. The van der Waals surface area contributed by atoms with Gasteiger partial charge < -0.3 is 19.6 Å². The van der Waals surface area contributed by atoms with Gasteiger partial charge in [-0.25, -0.2) is 0 Å². The first-order valence-electron chi connectivity index (χ1n) is 15.2. The normalized spacial score (nSPS) is 33.1. The van der Waals surface area contributed by atoms with Gasteiger partial charge in [-0.3, -0.25) is 14.4 Å². The minimum Gasteiger partial charge on any atom is -0.465 e. The van der Waals surface area contributed by atoms with E-state index in [0.29, 0.717) is 19.6 Å². The van der Waals surface area contributed by atoms with Gasteiger partial charge in [-0.15, -0.1) is 11.8 Å². The van der Waals surface area contributed by atoms with Gasteiger partial charge >= 0.3 is 5.97 Å². The van der Waals surface area contributed by atoms with Gasteiger partial charge in [-0.2, -0.15) is 0 Å². The number of rotatable bonds is 6. The number of nitrogens with zero attached hydrogens (tertiary/aromatic N) is 2. The van der Waals surface area contributed by atoms with Crippen LogP contribution in [-0.4, -0.2) is 79.6 Å². The number of allylic oxidation sites excluding steroid dienone is 1. The number of aliphatic hydroxyl groups is 1. The summed E-state index contributed by atoms with van der Waals surface area (Å²) in [4.78, 5) is 47.0. The Labute approximate surface area is 254 Å². The Morgan fingerprint density at radius 3 is 2.40 bits per heavy atom. The number of thioether (sulfide) groups is 1.